The van der Waals surface area contributed by atoms with Gasteiger partial charge < -0.3 is 15.1 Å². The molecule has 0 spiro atoms. The van der Waals surface area contributed by atoms with Crippen molar-refractivity contribution in [1.82, 2.24) is 15.1 Å². The van der Waals surface area contributed by atoms with Crippen LogP contribution in [0.4, 0.5) is 0 Å². The number of amides is 1. The number of fused-ring (bicyclic) bond motifs is 3. The third kappa shape index (κ3) is 2.82. The van der Waals surface area contributed by atoms with E-state index in [2.05, 4.69) is 38.3 Å². The molecule has 4 heterocycles. The molecule has 1 aliphatic carbocycles. The summed E-state index contributed by atoms with van der Waals surface area (Å²) in [6.07, 6.45) is 11.1. The second-order valence-electron chi connectivity index (χ2n) is 7.22. The van der Waals surface area contributed by atoms with Crippen molar-refractivity contribution in [3.8, 4) is 0 Å². The lowest BCUT2D eigenvalue weighted by molar-refractivity contribution is -0.117. The molecule has 5 rings (SSSR count). The number of allylic oxidation sites excluding steroid dienone is 3. The first kappa shape index (κ1) is 14.9. The van der Waals surface area contributed by atoms with Gasteiger partial charge in [0.05, 0.1) is 12.6 Å². The van der Waals surface area contributed by atoms with Crippen molar-refractivity contribution >= 4 is 11.7 Å². The van der Waals surface area contributed by atoms with Crippen LogP contribution in [0.2, 0.25) is 0 Å². The van der Waals surface area contributed by atoms with E-state index in [4.69, 9.17) is 0 Å². The van der Waals surface area contributed by atoms with Gasteiger partial charge in [-0.2, -0.15) is 0 Å². The van der Waals surface area contributed by atoms with Crippen molar-refractivity contribution in [3.63, 3.8) is 0 Å². The molecule has 3 fully saturated rings. The summed E-state index contributed by atoms with van der Waals surface area (Å²) in [5.74, 6) is 1.28. The number of carbonyl (C=O) groups is 1. The molecule has 5 heteroatoms. The number of carbonyl (C=O) groups excluding carboxylic acids is 1. The molecule has 0 saturated carbocycles. The topological polar surface area (TPSA) is 47.9 Å². The van der Waals surface area contributed by atoms with E-state index in [1.165, 1.54) is 31.5 Å². The number of nitrogens with zero attached hydrogens (tertiary/aromatic N) is 3. The van der Waals surface area contributed by atoms with Gasteiger partial charge in [0.1, 0.15) is 0 Å². The average molecular weight is 314 g/mol. The van der Waals surface area contributed by atoms with Crippen LogP contribution in [-0.2, 0) is 4.79 Å². The molecule has 4 aliphatic heterocycles. The zero-order valence-electron chi connectivity index (χ0n) is 13.9. The Morgan fingerprint density at radius 1 is 1.35 bits per heavy atom. The molecule has 5 aliphatic rings. The quantitative estimate of drug-likeness (QED) is 0.851. The van der Waals surface area contributed by atoms with E-state index in [-0.39, 0.29) is 11.9 Å². The monoisotopic (exact) mass is 314 g/mol. The van der Waals surface area contributed by atoms with Gasteiger partial charge in [0.2, 0.25) is 0 Å². The Balaban J connectivity index is 1.39. The number of hydrogen-bond acceptors (Lipinski definition) is 4. The summed E-state index contributed by atoms with van der Waals surface area (Å²) >= 11 is 0. The number of aliphatic imine (C=N–C) groups is 1. The van der Waals surface area contributed by atoms with Crippen LogP contribution in [0.3, 0.4) is 0 Å². The van der Waals surface area contributed by atoms with E-state index in [1.807, 2.05) is 7.05 Å². The lowest BCUT2D eigenvalue weighted by Gasteiger charge is -2.45. The molecular weight excluding hydrogens is 288 g/mol. The van der Waals surface area contributed by atoms with Crippen molar-refractivity contribution < 1.29 is 4.79 Å². The van der Waals surface area contributed by atoms with Crippen LogP contribution in [0.25, 0.3) is 0 Å². The number of piperidine rings is 3. The SMILES string of the molecule is CN1C(C(=O)NC2CN3CCC2CC3)=NC[C@@H]1C1=CC=CCC1. The molecule has 2 atom stereocenters. The van der Waals surface area contributed by atoms with E-state index >= 15 is 0 Å². The molecule has 5 nitrogen and oxygen atoms in total. The Kier molecular flexibility index (Phi) is 3.97. The minimum atomic E-state index is 0.0145. The van der Waals surface area contributed by atoms with Gasteiger partial charge >= 0.3 is 0 Å². The molecule has 1 amide bonds. The van der Waals surface area contributed by atoms with Crippen LogP contribution >= 0.6 is 0 Å². The van der Waals surface area contributed by atoms with Crippen molar-refractivity contribution in [2.24, 2.45) is 10.9 Å². The van der Waals surface area contributed by atoms with Crippen LogP contribution in [0.1, 0.15) is 25.7 Å². The number of amidine groups is 1. The zero-order valence-corrected chi connectivity index (χ0v) is 13.9. The van der Waals surface area contributed by atoms with Crippen molar-refractivity contribution in [2.75, 3.05) is 33.2 Å². The first-order valence-electron chi connectivity index (χ1n) is 8.88. The molecular formula is C18H26N4O. The number of hydrogen-bond donors (Lipinski definition) is 1. The molecule has 2 bridgehead atoms. The van der Waals surface area contributed by atoms with Gasteiger partial charge in [0.15, 0.2) is 5.84 Å². The molecule has 1 N–H and O–H groups in total. The normalized spacial score (nSPS) is 36.0. The minimum absolute atomic E-state index is 0.0145. The van der Waals surface area contributed by atoms with E-state index < -0.39 is 0 Å². The first-order chi connectivity index (χ1) is 11.2. The summed E-state index contributed by atoms with van der Waals surface area (Å²) in [7, 11) is 2.01. The molecule has 124 valence electrons. The fraction of sp³-hybridized carbons (Fsp3) is 0.667. The fourth-order valence-corrected chi connectivity index (χ4v) is 4.41. The highest BCUT2D eigenvalue weighted by atomic mass is 16.2. The molecule has 0 aromatic carbocycles. The maximum atomic E-state index is 12.7. The largest absolute Gasteiger partial charge is 0.347 e. The van der Waals surface area contributed by atoms with Gasteiger partial charge in [-0.1, -0.05) is 18.2 Å². The lowest BCUT2D eigenvalue weighted by atomic mass is 9.84. The molecule has 0 aromatic heterocycles. The van der Waals surface area contributed by atoms with Crippen LogP contribution in [0.5, 0.6) is 0 Å². The molecule has 23 heavy (non-hydrogen) atoms. The van der Waals surface area contributed by atoms with Crippen molar-refractivity contribution in [2.45, 2.75) is 37.8 Å². The second kappa shape index (κ2) is 6.11. The van der Waals surface area contributed by atoms with Gasteiger partial charge in [-0.15, -0.1) is 0 Å². The van der Waals surface area contributed by atoms with Gasteiger partial charge in [-0.3, -0.25) is 9.79 Å². The number of likely N-dealkylation sites (N-methyl/N-ethyl adjacent to an activating group) is 1. The molecule has 1 unspecified atom stereocenters. The van der Waals surface area contributed by atoms with Crippen LogP contribution in [-0.4, -0.2) is 66.9 Å². The Morgan fingerprint density at radius 3 is 2.83 bits per heavy atom. The minimum Gasteiger partial charge on any atom is -0.347 e. The summed E-state index contributed by atoms with van der Waals surface area (Å²) < 4.78 is 0. The summed E-state index contributed by atoms with van der Waals surface area (Å²) in [5.41, 5.74) is 1.39. The highest BCUT2D eigenvalue weighted by Crippen LogP contribution is 2.28. The molecule has 3 saturated heterocycles. The Labute approximate surface area is 138 Å². The van der Waals surface area contributed by atoms with E-state index in [9.17, 15) is 4.79 Å². The van der Waals surface area contributed by atoms with Gasteiger partial charge in [0.25, 0.3) is 5.91 Å². The smallest absolute Gasteiger partial charge is 0.286 e. The van der Waals surface area contributed by atoms with E-state index in [0.717, 1.165) is 19.4 Å². The van der Waals surface area contributed by atoms with Gasteiger partial charge in [-0.25, -0.2) is 0 Å². The third-order valence-electron chi connectivity index (χ3n) is 5.87. The van der Waals surface area contributed by atoms with Gasteiger partial charge in [0, 0.05) is 19.6 Å². The maximum Gasteiger partial charge on any atom is 0.286 e. The number of nitrogens with one attached hydrogen (secondary N) is 1. The summed E-state index contributed by atoms with van der Waals surface area (Å²) in [6.45, 7) is 4.11. The van der Waals surface area contributed by atoms with E-state index in [0.29, 0.717) is 24.3 Å². The zero-order chi connectivity index (χ0) is 15.8. The second-order valence-corrected chi connectivity index (χ2v) is 7.22. The van der Waals surface area contributed by atoms with Crippen molar-refractivity contribution in [1.29, 1.82) is 0 Å². The van der Waals surface area contributed by atoms with Gasteiger partial charge in [-0.05, 0) is 50.3 Å². The average Bonchev–Trinajstić information content (AvgIpc) is 2.98. The van der Waals surface area contributed by atoms with Crippen LogP contribution < -0.4 is 5.32 Å². The summed E-state index contributed by atoms with van der Waals surface area (Å²) in [6, 6.07) is 0.559. The lowest BCUT2D eigenvalue weighted by Crippen LogP contribution is -2.59. The predicted octanol–water partition coefficient (Wildman–Crippen LogP) is 1.19. The maximum absolute atomic E-state index is 12.7. The third-order valence-corrected chi connectivity index (χ3v) is 5.87. The molecule has 0 aromatic rings. The standard InChI is InChI=1S/C18H26N4O/c1-21-16(14-5-3-2-4-6-14)11-19-17(21)18(23)20-15-12-22-9-7-13(15)8-10-22/h2-3,5,13,15-16H,4,6-12H2,1H3,(H,20,23)/t15?,16-/m1/s1. The molecule has 0 radical (unpaired) electrons. The van der Waals surface area contributed by atoms with Crippen LogP contribution in [0.15, 0.2) is 28.8 Å². The fourth-order valence-electron chi connectivity index (χ4n) is 4.41. The summed E-state index contributed by atoms with van der Waals surface area (Å²) in [5, 5.41) is 3.26. The highest BCUT2D eigenvalue weighted by molar-refractivity contribution is 6.38. The van der Waals surface area contributed by atoms with E-state index in [1.54, 1.807) is 0 Å². The Bertz CT molecular complexity index is 572. The Hall–Kier alpha value is -1.62. The first-order valence-corrected chi connectivity index (χ1v) is 8.88. The van der Waals surface area contributed by atoms with Crippen LogP contribution in [0, 0.1) is 5.92 Å². The highest BCUT2D eigenvalue weighted by Gasteiger charge is 2.37. The predicted molar refractivity (Wildman–Crippen MR) is 91.4 cm³/mol. The van der Waals surface area contributed by atoms with Crippen molar-refractivity contribution in [3.05, 3.63) is 23.8 Å². The number of rotatable bonds is 3. The summed E-state index contributed by atoms with van der Waals surface area (Å²) in [4.78, 5) is 21.8. The Morgan fingerprint density at radius 2 is 2.17 bits per heavy atom.